The zero-order valence-corrected chi connectivity index (χ0v) is 49.4. The summed E-state index contributed by atoms with van der Waals surface area (Å²) in [4.78, 5) is 26.6. The molecule has 4 aliphatic carbocycles. The van der Waals surface area contributed by atoms with E-state index in [0.29, 0.717) is 44.2 Å². The minimum Gasteiger partial charge on any atom is -0.462 e. The second kappa shape index (κ2) is 24.4. The number of ether oxygens (including phenoxy) is 14. The van der Waals surface area contributed by atoms with Crippen LogP contribution in [-0.4, -0.2) is 213 Å². The van der Waals surface area contributed by atoms with E-state index in [4.69, 9.17) is 66.3 Å². The second-order valence-corrected chi connectivity index (χ2v) is 24.5. The number of rotatable bonds is 17. The Kier molecular flexibility index (Phi) is 18.9. The minimum atomic E-state index is -1.96. The summed E-state index contributed by atoms with van der Waals surface area (Å²) >= 11 is 0. The fourth-order valence-corrected chi connectivity index (χ4v) is 15.6. The van der Waals surface area contributed by atoms with Crippen molar-refractivity contribution in [3.8, 4) is 0 Å². The quantitative estimate of drug-likeness (QED) is 0.0941. The van der Waals surface area contributed by atoms with Crippen molar-refractivity contribution in [2.75, 3.05) is 40.8 Å². The van der Waals surface area contributed by atoms with Crippen molar-refractivity contribution in [2.45, 2.75) is 259 Å². The average Bonchev–Trinajstić information content (AvgIpc) is 2.24. The van der Waals surface area contributed by atoms with Crippen molar-refractivity contribution in [2.24, 2.45) is 16.7 Å². The molecule has 0 unspecified atom stereocenters. The van der Waals surface area contributed by atoms with Gasteiger partial charge in [0.1, 0.15) is 65.6 Å². The molecule has 0 aromatic heterocycles. The first-order chi connectivity index (χ1) is 38.3. The van der Waals surface area contributed by atoms with Crippen LogP contribution in [0.4, 0.5) is 5.69 Å². The van der Waals surface area contributed by atoms with E-state index in [1.165, 1.54) is 14.0 Å². The lowest BCUT2D eigenvalue weighted by molar-refractivity contribution is -0.356. The van der Waals surface area contributed by atoms with Crippen LogP contribution in [-0.2, 0) is 71.1 Å². The van der Waals surface area contributed by atoms with E-state index in [9.17, 15) is 35.1 Å². The molecule has 0 amide bonds. The lowest BCUT2D eigenvalue weighted by Gasteiger charge is -2.67. The maximum atomic E-state index is 13.6. The highest BCUT2D eigenvalue weighted by Crippen LogP contribution is 2.71. The molecule has 0 bridgehead atoms. The number of esters is 2. The Morgan fingerprint density at radius 3 is 1.79 bits per heavy atom. The molecule has 6 N–H and O–H groups in total. The van der Waals surface area contributed by atoms with Crippen molar-refractivity contribution in [1.82, 2.24) is 0 Å². The van der Waals surface area contributed by atoms with Gasteiger partial charge in [-0.1, -0.05) is 37.6 Å². The van der Waals surface area contributed by atoms with Gasteiger partial charge in [-0.05, 0) is 97.1 Å². The summed E-state index contributed by atoms with van der Waals surface area (Å²) in [6, 6.07) is 6.87. The summed E-state index contributed by atoms with van der Waals surface area (Å²) in [6.45, 7) is 14.0. The molecule has 22 heteroatoms. The molecular formula is C59H91NO21. The molecule has 9 rings (SSSR count). The Bertz CT molecular complexity index is 2380. The molecule has 458 valence electrons. The molecule has 0 spiro atoms. The smallest absolute Gasteiger partial charge is 0.340 e. The molecular weight excluding hydrogens is 1060 g/mol. The van der Waals surface area contributed by atoms with Gasteiger partial charge in [0.25, 0.3) is 0 Å². The molecule has 4 saturated heterocycles. The number of hydrogen-bond donors (Lipinski definition) is 6. The normalized spacial score (nSPS) is 47.5. The number of carbonyl (C=O) groups is 2. The standard InChI is InChI=1S/C59H91NO21/c1-29-47(62)52(71-13)48(63)54(75-29)81-51-32(4)74-46(27-41(51)70-12)80-50-31(3)73-45(26-40(50)69-11)79-49-30(2)72-44(25-39(49)68-10)78-36-19-20-55(7)35(24-36)18-21-58(66)42(55)28-43(77-34(6)61)56(8)57(65,22-23-59(56,58)67)33(5)76-53(64)37-16-14-15-17-38(37)60-9/h14-18,29-33,36,39-52,54,60,62-63,65-67H,19-28H2,1-13H3/t29-,30-,31-,32-,33+,36+,39+,40+,41-,42-,43-,44+,45+,46+,47-,48-,49-,50-,51-,52+,54+,55+,56-,57-,58+,59-/m1/s1. The molecule has 4 heterocycles. The monoisotopic (exact) mass is 1150 g/mol. The maximum absolute atomic E-state index is 13.6. The van der Waals surface area contributed by atoms with Crippen LogP contribution in [0.5, 0.6) is 0 Å². The van der Waals surface area contributed by atoms with Gasteiger partial charge in [-0.2, -0.15) is 0 Å². The first-order valence-electron chi connectivity index (χ1n) is 29.1. The van der Waals surface area contributed by atoms with Crippen molar-refractivity contribution in [3.63, 3.8) is 0 Å². The zero-order chi connectivity index (χ0) is 58.7. The number of benzene rings is 1. The average molecular weight is 1150 g/mol. The molecule has 1 aromatic rings. The van der Waals surface area contributed by atoms with E-state index >= 15 is 0 Å². The SMILES string of the molecule is CNc1ccccc1C(=O)O[C@@H](C)[C@]1(O)CC[C@@]2(O)[C@]1(C)[C@H](OC(C)=O)C[C@@H]1[C@@]3(C)CC[C@H](O[C@H]4C[C@H](OC)[C@H](O[C@H]5C[C@H](OC)[C@H](O[C@H]6C[C@@H](OC)[C@H](O[C@@H]7O[C@H](C)[C@@H](O)[C@H](OC)[C@H]7O)[C@@H](C)O6)[C@@H](C)O5)[C@@H](C)O4)CC3=CC[C@]12O. The Morgan fingerprint density at radius 1 is 0.691 bits per heavy atom. The van der Waals surface area contributed by atoms with Crippen molar-refractivity contribution < 1.29 is 101 Å². The second-order valence-electron chi connectivity index (χ2n) is 24.5. The highest BCUT2D eigenvalue weighted by Gasteiger charge is 2.81. The third kappa shape index (κ3) is 11.1. The number of hydrogen-bond acceptors (Lipinski definition) is 22. The summed E-state index contributed by atoms with van der Waals surface area (Å²) in [5.41, 5.74) is -6.01. The number of carbonyl (C=O) groups excluding carboxylic acids is 2. The van der Waals surface area contributed by atoms with Crippen LogP contribution in [0.3, 0.4) is 0 Å². The molecule has 81 heavy (non-hydrogen) atoms. The van der Waals surface area contributed by atoms with E-state index in [2.05, 4.69) is 12.2 Å². The molecule has 1 aromatic carbocycles. The predicted octanol–water partition coefficient (Wildman–Crippen LogP) is 4.21. The summed E-state index contributed by atoms with van der Waals surface area (Å²) in [5, 5.41) is 63.7. The number of aliphatic hydroxyl groups is 5. The largest absolute Gasteiger partial charge is 0.462 e. The summed E-state index contributed by atoms with van der Waals surface area (Å²) in [5.74, 6) is -1.84. The van der Waals surface area contributed by atoms with Crippen molar-refractivity contribution in [3.05, 3.63) is 41.5 Å². The minimum absolute atomic E-state index is 0.0249. The lowest BCUT2D eigenvalue weighted by Crippen LogP contribution is -2.78. The van der Waals surface area contributed by atoms with Gasteiger partial charge in [-0.25, -0.2) is 4.79 Å². The topological polar surface area (TPSA) is 277 Å². The third-order valence-electron chi connectivity index (χ3n) is 20.4. The maximum Gasteiger partial charge on any atom is 0.340 e. The van der Waals surface area contributed by atoms with Crippen molar-refractivity contribution >= 4 is 17.6 Å². The molecule has 26 atom stereocenters. The number of anilines is 1. The van der Waals surface area contributed by atoms with E-state index in [0.717, 1.165) is 5.57 Å². The van der Waals surface area contributed by atoms with Gasteiger partial charge < -0.3 is 97.2 Å². The number of para-hydroxylation sites is 1. The van der Waals surface area contributed by atoms with Gasteiger partial charge in [0, 0.05) is 73.3 Å². The highest BCUT2D eigenvalue weighted by atomic mass is 16.8. The van der Waals surface area contributed by atoms with Crippen LogP contribution in [0.15, 0.2) is 35.9 Å². The molecule has 0 radical (unpaired) electrons. The summed E-state index contributed by atoms with van der Waals surface area (Å²) < 4.78 is 87.0. The van der Waals surface area contributed by atoms with Gasteiger partial charge in [0.15, 0.2) is 25.2 Å². The Hall–Kier alpha value is -2.98. The number of aliphatic hydroxyl groups excluding tert-OH is 2. The molecule has 7 fully saturated rings. The number of methoxy groups -OCH3 is 4. The van der Waals surface area contributed by atoms with E-state index in [-0.39, 0.29) is 37.4 Å². The van der Waals surface area contributed by atoms with Crippen LogP contribution in [0.1, 0.15) is 130 Å². The van der Waals surface area contributed by atoms with Gasteiger partial charge in [0.05, 0.1) is 59.8 Å². The van der Waals surface area contributed by atoms with Gasteiger partial charge in [0.2, 0.25) is 0 Å². The Labute approximate surface area is 475 Å². The fourth-order valence-electron chi connectivity index (χ4n) is 15.6. The molecule has 22 nitrogen and oxygen atoms in total. The predicted molar refractivity (Wildman–Crippen MR) is 287 cm³/mol. The summed E-state index contributed by atoms with van der Waals surface area (Å²) in [7, 11) is 7.93. The van der Waals surface area contributed by atoms with Crippen LogP contribution < -0.4 is 5.32 Å². The number of fused-ring (bicyclic) bond motifs is 5. The van der Waals surface area contributed by atoms with Crippen LogP contribution in [0, 0.1) is 16.7 Å². The lowest BCUT2D eigenvalue weighted by atomic mass is 9.42. The highest BCUT2D eigenvalue weighted by molar-refractivity contribution is 5.95. The molecule has 8 aliphatic rings. The van der Waals surface area contributed by atoms with Crippen molar-refractivity contribution in [1.29, 1.82) is 0 Å². The molecule has 3 saturated carbocycles. The number of nitrogens with one attached hydrogen (secondary N) is 1. The first-order valence-corrected chi connectivity index (χ1v) is 29.1. The van der Waals surface area contributed by atoms with Crippen LogP contribution in [0.25, 0.3) is 0 Å². The fraction of sp³-hybridized carbons (Fsp3) is 0.831. The van der Waals surface area contributed by atoms with E-state index in [1.54, 1.807) is 73.4 Å². The van der Waals surface area contributed by atoms with Gasteiger partial charge >= 0.3 is 11.9 Å². The van der Waals surface area contributed by atoms with Gasteiger partial charge in [-0.3, -0.25) is 4.79 Å². The van der Waals surface area contributed by atoms with E-state index in [1.807, 2.05) is 26.8 Å². The molecule has 4 aliphatic heterocycles. The third-order valence-corrected chi connectivity index (χ3v) is 20.4. The Morgan fingerprint density at radius 2 is 1.25 bits per heavy atom. The van der Waals surface area contributed by atoms with Crippen LogP contribution in [0.2, 0.25) is 0 Å². The van der Waals surface area contributed by atoms with Gasteiger partial charge in [-0.15, -0.1) is 0 Å². The first kappa shape index (κ1) is 62.5. The summed E-state index contributed by atoms with van der Waals surface area (Å²) in [6.07, 6.45) is -9.09. The van der Waals surface area contributed by atoms with Crippen LogP contribution >= 0.6 is 0 Å². The van der Waals surface area contributed by atoms with E-state index < -0.39 is 162 Å². The zero-order valence-electron chi connectivity index (χ0n) is 49.4. The Balaban J connectivity index is 0.811.